The predicted octanol–water partition coefficient (Wildman–Crippen LogP) is 3.24. The second-order valence-corrected chi connectivity index (χ2v) is 6.64. The zero-order chi connectivity index (χ0) is 17.6. The fourth-order valence-corrected chi connectivity index (χ4v) is 3.43. The molecule has 1 fully saturated rings. The predicted molar refractivity (Wildman–Crippen MR) is 99.9 cm³/mol. The molecule has 4 rings (SSSR count). The largest absolute Gasteiger partial charge is 0.392 e. The summed E-state index contributed by atoms with van der Waals surface area (Å²) in [5, 5.41) is 13.6. The van der Waals surface area contributed by atoms with Crippen molar-refractivity contribution in [3.05, 3.63) is 58.0 Å². The van der Waals surface area contributed by atoms with E-state index in [4.69, 9.17) is 0 Å². The Morgan fingerprint density at radius 2 is 2.04 bits per heavy atom. The maximum Gasteiger partial charge on any atom is 0.251 e. The normalized spacial score (nSPS) is 14.0. The Morgan fingerprint density at radius 3 is 2.68 bits per heavy atom. The molecule has 0 saturated heterocycles. The molecule has 3 aromatic rings. The molecule has 0 aliphatic heterocycles. The molecule has 0 unspecified atom stereocenters. The molecule has 1 aliphatic rings. The van der Waals surface area contributed by atoms with E-state index in [2.05, 4.69) is 16.4 Å². The molecule has 128 valence electrons. The van der Waals surface area contributed by atoms with Crippen molar-refractivity contribution in [1.82, 2.24) is 9.55 Å². The van der Waals surface area contributed by atoms with Crippen LogP contribution in [0.5, 0.6) is 0 Å². The van der Waals surface area contributed by atoms with Crippen LogP contribution in [0.25, 0.3) is 22.0 Å². The molecule has 1 aliphatic carbocycles. The molecular weight excluding hydrogens is 314 g/mol. The fourth-order valence-electron chi connectivity index (χ4n) is 3.43. The molecule has 1 aromatic carbocycles. The van der Waals surface area contributed by atoms with Crippen LogP contribution in [0.15, 0.2) is 41.3 Å². The van der Waals surface area contributed by atoms with Crippen LogP contribution in [0.2, 0.25) is 0 Å². The van der Waals surface area contributed by atoms with Gasteiger partial charge in [-0.2, -0.15) is 0 Å². The minimum absolute atomic E-state index is 0.0314. The first-order valence-corrected chi connectivity index (χ1v) is 8.56. The summed E-state index contributed by atoms with van der Waals surface area (Å²) in [5.41, 5.74) is 4.66. The molecule has 5 nitrogen and oxygen atoms in total. The minimum atomic E-state index is -0.131. The van der Waals surface area contributed by atoms with Crippen molar-refractivity contribution in [2.24, 2.45) is 0 Å². The second-order valence-electron chi connectivity index (χ2n) is 6.64. The zero-order valence-corrected chi connectivity index (χ0v) is 14.4. The Balaban J connectivity index is 1.94. The summed E-state index contributed by atoms with van der Waals surface area (Å²) in [6.07, 6.45) is 3.92. The van der Waals surface area contributed by atoms with Gasteiger partial charge < -0.3 is 15.0 Å². The van der Waals surface area contributed by atoms with Gasteiger partial charge in [-0.1, -0.05) is 12.1 Å². The minimum Gasteiger partial charge on any atom is -0.392 e. The van der Waals surface area contributed by atoms with Gasteiger partial charge in [0.15, 0.2) is 0 Å². The summed E-state index contributed by atoms with van der Waals surface area (Å²) < 4.78 is 1.88. The van der Waals surface area contributed by atoms with Crippen molar-refractivity contribution in [3.63, 3.8) is 0 Å². The van der Waals surface area contributed by atoms with Crippen LogP contribution in [0.1, 0.15) is 30.0 Å². The average molecular weight is 335 g/mol. The van der Waals surface area contributed by atoms with Crippen LogP contribution in [-0.2, 0) is 6.61 Å². The lowest BCUT2D eigenvalue weighted by Gasteiger charge is -2.14. The third-order valence-electron chi connectivity index (χ3n) is 4.87. The Bertz CT molecular complexity index is 1020. The van der Waals surface area contributed by atoms with Crippen molar-refractivity contribution < 1.29 is 5.11 Å². The van der Waals surface area contributed by atoms with Crippen molar-refractivity contribution in [2.75, 3.05) is 12.4 Å². The van der Waals surface area contributed by atoms with E-state index < -0.39 is 0 Å². The Morgan fingerprint density at radius 1 is 1.24 bits per heavy atom. The van der Waals surface area contributed by atoms with Crippen LogP contribution in [0, 0.1) is 6.92 Å². The highest BCUT2D eigenvalue weighted by molar-refractivity contribution is 5.87. The molecule has 0 atom stereocenters. The molecule has 2 aromatic heterocycles. The maximum atomic E-state index is 12.5. The molecule has 2 heterocycles. The number of pyridine rings is 2. The van der Waals surface area contributed by atoms with E-state index in [1.165, 1.54) is 0 Å². The highest BCUT2D eigenvalue weighted by Crippen LogP contribution is 2.37. The molecule has 0 amide bonds. The number of hydrogen-bond acceptors (Lipinski definition) is 4. The van der Waals surface area contributed by atoms with Gasteiger partial charge in [0.2, 0.25) is 0 Å². The van der Waals surface area contributed by atoms with Crippen LogP contribution in [0.4, 0.5) is 5.82 Å². The van der Waals surface area contributed by atoms with Gasteiger partial charge in [-0.15, -0.1) is 0 Å². The Labute approximate surface area is 146 Å². The number of aliphatic hydroxyl groups is 1. The Kier molecular flexibility index (Phi) is 3.81. The molecule has 0 radical (unpaired) electrons. The molecule has 0 bridgehead atoms. The number of nitrogens with one attached hydrogen (secondary N) is 1. The van der Waals surface area contributed by atoms with E-state index in [-0.39, 0.29) is 18.2 Å². The van der Waals surface area contributed by atoms with Gasteiger partial charge in [0.1, 0.15) is 5.82 Å². The van der Waals surface area contributed by atoms with Crippen molar-refractivity contribution in [2.45, 2.75) is 32.4 Å². The first-order chi connectivity index (χ1) is 12.1. The number of fused-ring (bicyclic) bond motifs is 1. The number of aliphatic hydroxyl groups excluding tert-OH is 1. The van der Waals surface area contributed by atoms with Gasteiger partial charge in [-0.05, 0) is 48.6 Å². The van der Waals surface area contributed by atoms with Crippen LogP contribution in [0.3, 0.4) is 0 Å². The van der Waals surface area contributed by atoms with Gasteiger partial charge >= 0.3 is 0 Å². The van der Waals surface area contributed by atoms with E-state index in [1.54, 1.807) is 6.07 Å². The van der Waals surface area contributed by atoms with Gasteiger partial charge in [0.05, 0.1) is 12.1 Å². The number of nitrogens with zero attached hydrogens (tertiary/aromatic N) is 2. The smallest absolute Gasteiger partial charge is 0.251 e. The third-order valence-corrected chi connectivity index (χ3v) is 4.87. The van der Waals surface area contributed by atoms with E-state index in [0.717, 1.165) is 46.3 Å². The number of benzene rings is 1. The van der Waals surface area contributed by atoms with Gasteiger partial charge in [0, 0.05) is 36.3 Å². The highest BCUT2D eigenvalue weighted by atomic mass is 16.3. The number of hydrogen-bond donors (Lipinski definition) is 2. The van der Waals surface area contributed by atoms with Crippen molar-refractivity contribution in [1.29, 1.82) is 0 Å². The zero-order valence-electron chi connectivity index (χ0n) is 14.4. The molecule has 25 heavy (non-hydrogen) atoms. The quantitative estimate of drug-likeness (QED) is 0.768. The van der Waals surface area contributed by atoms with Gasteiger partial charge in [0.25, 0.3) is 5.56 Å². The van der Waals surface area contributed by atoms with E-state index in [9.17, 15) is 9.90 Å². The van der Waals surface area contributed by atoms with Crippen LogP contribution >= 0.6 is 0 Å². The van der Waals surface area contributed by atoms with E-state index in [1.807, 2.05) is 42.9 Å². The first kappa shape index (κ1) is 15.8. The highest BCUT2D eigenvalue weighted by Gasteiger charge is 2.26. The molecule has 1 saturated carbocycles. The summed E-state index contributed by atoms with van der Waals surface area (Å²) in [4.78, 5) is 17.0. The number of rotatable bonds is 4. The van der Waals surface area contributed by atoms with Crippen LogP contribution in [-0.4, -0.2) is 21.7 Å². The standard InChI is InChI=1S/C20H21N3O2/c1-12-7-14(10-22-20(12)21-2)13-3-6-17-15(11-24)9-19(25)23(16-4-5-16)18(17)8-13/h3,6-10,16,24H,4-5,11H2,1-2H3,(H,21,22). The maximum absolute atomic E-state index is 12.5. The molecule has 5 heteroatoms. The topological polar surface area (TPSA) is 67.2 Å². The van der Waals surface area contributed by atoms with Gasteiger partial charge in [-0.3, -0.25) is 4.79 Å². The summed E-state index contributed by atoms with van der Waals surface area (Å²) in [7, 11) is 1.86. The first-order valence-electron chi connectivity index (χ1n) is 8.56. The van der Waals surface area contributed by atoms with Crippen molar-refractivity contribution >= 4 is 16.7 Å². The van der Waals surface area contributed by atoms with Gasteiger partial charge in [-0.25, -0.2) is 4.98 Å². The summed E-state index contributed by atoms with van der Waals surface area (Å²) >= 11 is 0. The lowest BCUT2D eigenvalue weighted by Crippen LogP contribution is -2.19. The lowest BCUT2D eigenvalue weighted by atomic mass is 10.0. The number of aryl methyl sites for hydroxylation is 1. The molecule has 2 N–H and O–H groups in total. The van der Waals surface area contributed by atoms with E-state index in [0.29, 0.717) is 5.56 Å². The molecular formula is C20H21N3O2. The second kappa shape index (κ2) is 6.01. The number of anilines is 1. The third kappa shape index (κ3) is 2.70. The monoisotopic (exact) mass is 335 g/mol. The SMILES string of the molecule is CNc1ncc(-c2ccc3c(CO)cc(=O)n(C4CC4)c3c2)cc1C. The number of aromatic nitrogens is 2. The lowest BCUT2D eigenvalue weighted by molar-refractivity contribution is 0.283. The fraction of sp³-hybridized carbons (Fsp3) is 0.300. The summed E-state index contributed by atoms with van der Waals surface area (Å²) in [6, 6.07) is 10.0. The summed E-state index contributed by atoms with van der Waals surface area (Å²) in [5.74, 6) is 0.863. The van der Waals surface area contributed by atoms with E-state index >= 15 is 0 Å². The molecule has 0 spiro atoms. The average Bonchev–Trinajstić information content (AvgIpc) is 3.45. The van der Waals surface area contributed by atoms with Crippen molar-refractivity contribution in [3.8, 4) is 11.1 Å². The van der Waals surface area contributed by atoms with Crippen LogP contribution < -0.4 is 10.9 Å². The summed E-state index contributed by atoms with van der Waals surface area (Å²) in [6.45, 7) is 1.89. The Hall–Kier alpha value is -2.66.